The summed E-state index contributed by atoms with van der Waals surface area (Å²) in [6.45, 7) is 4.27. The Labute approximate surface area is 154 Å². The van der Waals surface area contributed by atoms with Crippen LogP contribution in [0, 0.1) is 0 Å². The zero-order valence-electron chi connectivity index (χ0n) is 14.0. The number of aromatic nitrogens is 3. The summed E-state index contributed by atoms with van der Waals surface area (Å²) in [6, 6.07) is 12.1. The number of rotatable bonds is 3. The van der Waals surface area contributed by atoms with Gasteiger partial charge in [0.15, 0.2) is 0 Å². The van der Waals surface area contributed by atoms with Crippen LogP contribution in [0.15, 0.2) is 47.2 Å². The van der Waals surface area contributed by atoms with E-state index in [1.165, 1.54) is 10.7 Å². The molecule has 1 aliphatic rings. The molecule has 1 aromatic carbocycles. The number of nitrogens with zero attached hydrogens (tertiary/aromatic N) is 6. The lowest BCUT2D eigenvalue weighted by molar-refractivity contribution is 0.313. The highest BCUT2D eigenvalue weighted by Gasteiger charge is 2.15. The zero-order chi connectivity index (χ0) is 17.4. The maximum atomic E-state index is 6.23. The summed E-state index contributed by atoms with van der Waals surface area (Å²) in [6.07, 6.45) is 1.76. The van der Waals surface area contributed by atoms with Gasteiger partial charge in [-0.2, -0.15) is 0 Å². The second-order valence-electron chi connectivity index (χ2n) is 6.23. The third-order valence-corrected chi connectivity index (χ3v) is 5.15. The molecule has 130 valence electrons. The standard InChI is InChI=1S/C17H20BrN7/c1-22-8-10-23(11-9-22)13-2-4-14(5-3-13)24(19)17-20-12-15-6-7-16(18)25(15)21-17/h2-7,12H,8-11,19H2,1H3. The zero-order valence-corrected chi connectivity index (χ0v) is 15.6. The Morgan fingerprint density at radius 1 is 1.04 bits per heavy atom. The van der Waals surface area contributed by atoms with E-state index in [-0.39, 0.29) is 0 Å². The van der Waals surface area contributed by atoms with E-state index in [1.807, 2.05) is 24.3 Å². The van der Waals surface area contributed by atoms with Gasteiger partial charge in [0.05, 0.1) is 17.4 Å². The smallest absolute Gasteiger partial charge is 0.262 e. The number of piperazine rings is 1. The van der Waals surface area contributed by atoms with E-state index in [0.29, 0.717) is 5.95 Å². The van der Waals surface area contributed by atoms with Crippen molar-refractivity contribution in [2.24, 2.45) is 5.84 Å². The highest BCUT2D eigenvalue weighted by molar-refractivity contribution is 9.10. The second-order valence-corrected chi connectivity index (χ2v) is 7.04. The molecule has 7 nitrogen and oxygen atoms in total. The predicted octanol–water partition coefficient (Wildman–Crippen LogP) is 2.26. The lowest BCUT2D eigenvalue weighted by Gasteiger charge is -2.34. The fraction of sp³-hybridized carbons (Fsp3) is 0.294. The SMILES string of the molecule is CN1CCN(c2ccc(N(N)c3ncc4ccc(Br)n4n3)cc2)CC1. The van der Waals surface area contributed by atoms with Crippen molar-refractivity contribution in [2.45, 2.75) is 0 Å². The maximum Gasteiger partial charge on any atom is 0.262 e. The Morgan fingerprint density at radius 3 is 2.48 bits per heavy atom. The Morgan fingerprint density at radius 2 is 1.76 bits per heavy atom. The number of nitrogens with two attached hydrogens (primary N) is 1. The van der Waals surface area contributed by atoms with Gasteiger partial charge in [0, 0.05) is 31.9 Å². The van der Waals surface area contributed by atoms with Gasteiger partial charge in [-0.1, -0.05) is 0 Å². The molecule has 3 aromatic rings. The van der Waals surface area contributed by atoms with Crippen molar-refractivity contribution in [3.05, 3.63) is 47.2 Å². The molecule has 8 heteroatoms. The topological polar surface area (TPSA) is 65.9 Å². The number of anilines is 3. The predicted molar refractivity (Wildman–Crippen MR) is 103 cm³/mol. The number of hydrazine groups is 1. The summed E-state index contributed by atoms with van der Waals surface area (Å²) in [7, 11) is 2.16. The molecule has 2 N–H and O–H groups in total. The first kappa shape index (κ1) is 16.3. The fourth-order valence-electron chi connectivity index (χ4n) is 2.98. The number of benzene rings is 1. The van der Waals surface area contributed by atoms with E-state index in [2.05, 4.69) is 55.0 Å². The summed E-state index contributed by atoms with van der Waals surface area (Å²) in [5.41, 5.74) is 2.98. The van der Waals surface area contributed by atoms with Gasteiger partial charge in [0.2, 0.25) is 0 Å². The Hall–Kier alpha value is -2.16. The van der Waals surface area contributed by atoms with E-state index < -0.39 is 0 Å². The molecule has 3 heterocycles. The molecule has 0 spiro atoms. The molecule has 25 heavy (non-hydrogen) atoms. The summed E-state index contributed by atoms with van der Waals surface area (Å²) >= 11 is 3.47. The quantitative estimate of drug-likeness (QED) is 0.536. The minimum absolute atomic E-state index is 0.441. The van der Waals surface area contributed by atoms with Gasteiger partial charge in [-0.15, -0.1) is 5.10 Å². The van der Waals surface area contributed by atoms with Crippen molar-refractivity contribution in [2.75, 3.05) is 43.1 Å². The Bertz CT molecular complexity index is 868. The average molecular weight is 402 g/mol. The Kier molecular flexibility index (Phi) is 4.32. The van der Waals surface area contributed by atoms with Crippen molar-refractivity contribution >= 4 is 38.8 Å². The first-order valence-corrected chi connectivity index (χ1v) is 9.00. The lowest BCUT2D eigenvalue weighted by atomic mass is 10.2. The Balaban J connectivity index is 1.55. The van der Waals surface area contributed by atoms with Gasteiger partial charge in [0.25, 0.3) is 5.95 Å². The van der Waals surface area contributed by atoms with Crippen LogP contribution in [0.25, 0.3) is 5.52 Å². The van der Waals surface area contributed by atoms with Crippen LogP contribution >= 0.6 is 15.9 Å². The molecular formula is C17H20BrN7. The van der Waals surface area contributed by atoms with Gasteiger partial charge in [-0.25, -0.2) is 20.4 Å². The van der Waals surface area contributed by atoms with Crippen molar-refractivity contribution < 1.29 is 0 Å². The summed E-state index contributed by atoms with van der Waals surface area (Å²) in [5, 5.41) is 5.97. The van der Waals surface area contributed by atoms with Crippen LogP contribution in [-0.4, -0.2) is 52.7 Å². The highest BCUT2D eigenvalue weighted by atomic mass is 79.9. The normalized spacial score (nSPS) is 15.7. The molecule has 0 bridgehead atoms. The molecule has 0 saturated carbocycles. The van der Waals surface area contributed by atoms with E-state index in [1.54, 1.807) is 10.7 Å². The van der Waals surface area contributed by atoms with E-state index in [4.69, 9.17) is 5.84 Å². The average Bonchev–Trinajstić information content (AvgIpc) is 3.02. The van der Waals surface area contributed by atoms with Crippen molar-refractivity contribution in [1.82, 2.24) is 19.5 Å². The van der Waals surface area contributed by atoms with Gasteiger partial charge < -0.3 is 9.80 Å². The van der Waals surface area contributed by atoms with Crippen LogP contribution in [0.4, 0.5) is 17.3 Å². The highest BCUT2D eigenvalue weighted by Crippen LogP contribution is 2.24. The molecule has 1 saturated heterocycles. The molecule has 0 amide bonds. The molecule has 2 aromatic heterocycles. The molecule has 0 aliphatic carbocycles. The minimum atomic E-state index is 0.441. The largest absolute Gasteiger partial charge is 0.369 e. The van der Waals surface area contributed by atoms with E-state index in [0.717, 1.165) is 42.0 Å². The number of halogens is 1. The fourth-order valence-corrected chi connectivity index (χ4v) is 3.39. The van der Waals surface area contributed by atoms with E-state index in [9.17, 15) is 0 Å². The van der Waals surface area contributed by atoms with Crippen molar-refractivity contribution in [3.8, 4) is 0 Å². The molecule has 4 rings (SSSR count). The number of likely N-dealkylation sites (N-methyl/N-ethyl adjacent to an activating group) is 1. The van der Waals surface area contributed by atoms with E-state index >= 15 is 0 Å². The van der Waals surface area contributed by atoms with Crippen molar-refractivity contribution in [3.63, 3.8) is 0 Å². The first-order chi connectivity index (χ1) is 12.1. The maximum absolute atomic E-state index is 6.23. The van der Waals surface area contributed by atoms with Crippen LogP contribution in [0.3, 0.4) is 0 Å². The molecular weight excluding hydrogens is 382 g/mol. The van der Waals surface area contributed by atoms with Gasteiger partial charge in [-0.05, 0) is 59.4 Å². The van der Waals surface area contributed by atoms with Crippen molar-refractivity contribution in [1.29, 1.82) is 0 Å². The number of hydrogen-bond donors (Lipinski definition) is 1. The van der Waals surface area contributed by atoms with Crippen LogP contribution in [0.2, 0.25) is 0 Å². The number of fused-ring (bicyclic) bond motifs is 1. The number of hydrogen-bond acceptors (Lipinski definition) is 6. The monoisotopic (exact) mass is 401 g/mol. The van der Waals surface area contributed by atoms with Gasteiger partial charge >= 0.3 is 0 Å². The summed E-state index contributed by atoms with van der Waals surface area (Å²) in [4.78, 5) is 9.09. The molecule has 0 unspecified atom stereocenters. The summed E-state index contributed by atoms with van der Waals surface area (Å²) < 4.78 is 2.63. The third kappa shape index (κ3) is 3.20. The van der Waals surface area contributed by atoms with Gasteiger partial charge in [0.1, 0.15) is 4.60 Å². The van der Waals surface area contributed by atoms with Crippen LogP contribution in [-0.2, 0) is 0 Å². The lowest BCUT2D eigenvalue weighted by Crippen LogP contribution is -2.44. The molecule has 1 aliphatic heterocycles. The third-order valence-electron chi connectivity index (χ3n) is 4.55. The minimum Gasteiger partial charge on any atom is -0.369 e. The second kappa shape index (κ2) is 6.62. The molecule has 0 atom stereocenters. The van der Waals surface area contributed by atoms with Gasteiger partial charge in [-0.3, -0.25) is 0 Å². The first-order valence-electron chi connectivity index (χ1n) is 8.20. The molecule has 0 radical (unpaired) electrons. The summed E-state index contributed by atoms with van der Waals surface area (Å²) in [5.74, 6) is 6.67. The molecule has 1 fully saturated rings. The van der Waals surface area contributed by atoms with Crippen LogP contribution < -0.4 is 15.8 Å². The van der Waals surface area contributed by atoms with Crippen LogP contribution in [0.5, 0.6) is 0 Å². The van der Waals surface area contributed by atoms with Crippen LogP contribution in [0.1, 0.15) is 0 Å².